The maximum atomic E-state index is 12.4. The Balaban J connectivity index is 6.40. The molecule has 0 aliphatic heterocycles. The number of carbonyl (C=O) groups excluding carboxylic acids is 8. The van der Waals surface area contributed by atoms with Crippen molar-refractivity contribution in [2.45, 2.75) is 19.8 Å². The third-order valence-electron chi connectivity index (χ3n) is 5.74. The fraction of sp³-hybridized carbons (Fsp3) is 0.419. The van der Waals surface area contributed by atoms with Crippen molar-refractivity contribution < 1.29 is 71.5 Å². The van der Waals surface area contributed by atoms with Crippen LogP contribution in [0.15, 0.2) is 63.3 Å². The second kappa shape index (κ2) is 21.5. The molecule has 0 aromatic rings. The Bertz CT molecular complexity index is 1110. The van der Waals surface area contributed by atoms with Crippen LogP contribution in [0.4, 0.5) is 0 Å². The van der Waals surface area contributed by atoms with E-state index in [0.717, 1.165) is 37.3 Å². The number of esters is 6. The monoisotopic (exact) mass is 650 g/mol. The van der Waals surface area contributed by atoms with Gasteiger partial charge in [0.1, 0.15) is 39.6 Å². The topological polar surface area (TPSA) is 201 Å². The van der Waals surface area contributed by atoms with Gasteiger partial charge in [-0.3, -0.25) is 14.4 Å². The molecular weight excluding hydrogens is 612 g/mol. The summed E-state index contributed by atoms with van der Waals surface area (Å²) in [6.07, 6.45) is 3.40. The molecule has 0 aliphatic rings. The van der Waals surface area contributed by atoms with E-state index in [1.807, 2.05) is 0 Å². The third kappa shape index (κ3) is 16.6. The van der Waals surface area contributed by atoms with E-state index in [1.165, 1.54) is 0 Å². The summed E-state index contributed by atoms with van der Waals surface area (Å²) in [5.41, 5.74) is -3.17. The maximum absolute atomic E-state index is 12.4. The predicted molar refractivity (Wildman–Crippen MR) is 157 cm³/mol. The van der Waals surface area contributed by atoms with Crippen LogP contribution >= 0.6 is 0 Å². The summed E-state index contributed by atoms with van der Waals surface area (Å²) >= 11 is 0. The second-order valence-corrected chi connectivity index (χ2v) is 9.69. The van der Waals surface area contributed by atoms with Crippen LogP contribution < -0.4 is 0 Å². The minimum Gasteiger partial charge on any atom is -0.465 e. The average molecular weight is 651 g/mol. The number of rotatable bonds is 25. The molecule has 0 saturated heterocycles. The predicted octanol–water partition coefficient (Wildman–Crippen LogP) is 1.10. The van der Waals surface area contributed by atoms with Gasteiger partial charge in [-0.25, -0.2) is 24.0 Å². The first-order valence-corrected chi connectivity index (χ1v) is 13.4. The van der Waals surface area contributed by atoms with Gasteiger partial charge in [0, 0.05) is 43.7 Å². The standard InChI is InChI=1S/C31H38O15/c1-7-24(34)41-16-30(17-42-25(35)8-2,18-43-26(36)9-3)14-40-15-31(19-44-27(37)10-4,20-45-28(38)11-5)21-46-29(39)13-12-23(33)22(6)32/h7-11H,1-5,12-21H2,6H3. The number of Topliss-reactive ketones (excluding diaryl/α,β-unsaturated/α-hetero) is 2. The maximum Gasteiger partial charge on any atom is 0.330 e. The van der Waals surface area contributed by atoms with Crippen molar-refractivity contribution in [3.05, 3.63) is 63.3 Å². The number of ketones is 2. The Hall–Kier alpha value is -5.18. The van der Waals surface area contributed by atoms with Crippen molar-refractivity contribution in [3.8, 4) is 0 Å². The minimum absolute atomic E-state index is 0.423. The zero-order chi connectivity index (χ0) is 35.2. The lowest BCUT2D eigenvalue weighted by atomic mass is 9.90. The molecule has 15 nitrogen and oxygen atoms in total. The molecule has 0 fully saturated rings. The fourth-order valence-corrected chi connectivity index (χ4v) is 3.10. The Labute approximate surface area is 265 Å². The van der Waals surface area contributed by atoms with Crippen LogP contribution in [0.3, 0.4) is 0 Å². The van der Waals surface area contributed by atoms with Crippen LogP contribution in [-0.4, -0.2) is 100 Å². The largest absolute Gasteiger partial charge is 0.465 e. The van der Waals surface area contributed by atoms with Gasteiger partial charge in [-0.05, 0) is 0 Å². The van der Waals surface area contributed by atoms with Gasteiger partial charge >= 0.3 is 35.8 Å². The molecule has 0 aromatic heterocycles. The zero-order valence-electron chi connectivity index (χ0n) is 25.6. The molecule has 46 heavy (non-hydrogen) atoms. The lowest BCUT2D eigenvalue weighted by Gasteiger charge is -2.35. The summed E-state index contributed by atoms with van der Waals surface area (Å²) in [6.45, 7) is 13.2. The molecular formula is C31H38O15. The van der Waals surface area contributed by atoms with Gasteiger partial charge < -0.3 is 33.2 Å². The summed E-state index contributed by atoms with van der Waals surface area (Å²) in [7, 11) is 0. The highest BCUT2D eigenvalue weighted by atomic mass is 16.6. The minimum atomic E-state index is -1.61. The van der Waals surface area contributed by atoms with Crippen molar-refractivity contribution >= 4 is 47.4 Å². The molecule has 0 aliphatic carbocycles. The molecule has 0 spiro atoms. The highest BCUT2D eigenvalue weighted by Crippen LogP contribution is 2.26. The van der Waals surface area contributed by atoms with E-state index >= 15 is 0 Å². The number of hydrogen-bond acceptors (Lipinski definition) is 15. The fourth-order valence-electron chi connectivity index (χ4n) is 3.10. The molecule has 0 bridgehead atoms. The normalized spacial score (nSPS) is 10.6. The van der Waals surface area contributed by atoms with Crippen LogP contribution in [-0.2, 0) is 71.5 Å². The molecule has 15 heteroatoms. The first-order chi connectivity index (χ1) is 21.7. The van der Waals surface area contributed by atoms with Crippen molar-refractivity contribution in [2.75, 3.05) is 52.9 Å². The SMILES string of the molecule is C=CC(=O)OCC(COCC(COC(=O)C=C)(COC(=O)C=C)COC(=O)CCC(=O)C(C)=O)(COC(=O)C=C)COC(=O)C=C. The van der Waals surface area contributed by atoms with Gasteiger partial charge in [0.2, 0.25) is 0 Å². The quantitative estimate of drug-likeness (QED) is 0.0588. The van der Waals surface area contributed by atoms with Gasteiger partial charge in [0.15, 0.2) is 11.6 Å². The molecule has 0 heterocycles. The third-order valence-corrected chi connectivity index (χ3v) is 5.74. The van der Waals surface area contributed by atoms with E-state index in [1.54, 1.807) is 0 Å². The first kappa shape index (κ1) is 40.8. The molecule has 252 valence electrons. The molecule has 0 N–H and O–H groups in total. The molecule has 0 aromatic carbocycles. The van der Waals surface area contributed by atoms with Crippen LogP contribution in [0.1, 0.15) is 19.8 Å². The summed E-state index contributed by atoms with van der Waals surface area (Å²) < 4.78 is 36.9. The lowest BCUT2D eigenvalue weighted by molar-refractivity contribution is -0.171. The van der Waals surface area contributed by atoms with E-state index in [0.29, 0.717) is 0 Å². The summed E-state index contributed by atoms with van der Waals surface area (Å²) in [4.78, 5) is 94.8. The van der Waals surface area contributed by atoms with E-state index in [-0.39, 0.29) is 0 Å². The number of ether oxygens (including phenoxy) is 7. The van der Waals surface area contributed by atoms with Gasteiger partial charge in [-0.15, -0.1) is 0 Å². The molecule has 0 atom stereocenters. The highest BCUT2D eigenvalue weighted by molar-refractivity contribution is 6.36. The smallest absolute Gasteiger partial charge is 0.330 e. The van der Waals surface area contributed by atoms with Crippen molar-refractivity contribution in [1.29, 1.82) is 0 Å². The van der Waals surface area contributed by atoms with Crippen LogP contribution in [0.25, 0.3) is 0 Å². The van der Waals surface area contributed by atoms with E-state index < -0.39 is 124 Å². The summed E-state index contributed by atoms with van der Waals surface area (Å²) in [6, 6.07) is 0. The Kier molecular flexibility index (Phi) is 19.1. The molecule has 0 radical (unpaired) electrons. The van der Waals surface area contributed by atoms with Crippen LogP contribution in [0.5, 0.6) is 0 Å². The van der Waals surface area contributed by atoms with Gasteiger partial charge in [-0.2, -0.15) is 0 Å². The zero-order valence-corrected chi connectivity index (χ0v) is 25.6. The van der Waals surface area contributed by atoms with Crippen LogP contribution in [0, 0.1) is 10.8 Å². The van der Waals surface area contributed by atoms with Crippen LogP contribution in [0.2, 0.25) is 0 Å². The van der Waals surface area contributed by atoms with Gasteiger partial charge in [-0.1, -0.05) is 32.9 Å². The van der Waals surface area contributed by atoms with E-state index in [4.69, 9.17) is 33.2 Å². The van der Waals surface area contributed by atoms with Crippen molar-refractivity contribution in [3.63, 3.8) is 0 Å². The lowest BCUT2D eigenvalue weighted by Crippen LogP contribution is -2.47. The summed E-state index contributed by atoms with van der Waals surface area (Å²) in [5, 5.41) is 0. The average Bonchev–Trinajstić information content (AvgIpc) is 3.06. The van der Waals surface area contributed by atoms with Crippen molar-refractivity contribution in [2.24, 2.45) is 10.8 Å². The van der Waals surface area contributed by atoms with E-state index in [9.17, 15) is 38.4 Å². The number of hydrogen-bond donors (Lipinski definition) is 0. The van der Waals surface area contributed by atoms with Crippen molar-refractivity contribution in [1.82, 2.24) is 0 Å². The van der Waals surface area contributed by atoms with E-state index in [2.05, 4.69) is 32.9 Å². The molecule has 0 amide bonds. The second-order valence-electron chi connectivity index (χ2n) is 9.69. The highest BCUT2D eigenvalue weighted by Gasteiger charge is 2.40. The first-order valence-electron chi connectivity index (χ1n) is 13.4. The Morgan fingerprint density at radius 2 is 0.739 bits per heavy atom. The summed E-state index contributed by atoms with van der Waals surface area (Å²) in [5.74, 6) is -6.85. The Morgan fingerprint density at radius 1 is 0.457 bits per heavy atom. The molecule has 0 unspecified atom stereocenters. The molecule has 0 rings (SSSR count). The Morgan fingerprint density at radius 3 is 1.00 bits per heavy atom. The number of carbonyl (C=O) groups is 8. The van der Waals surface area contributed by atoms with Gasteiger partial charge in [0.25, 0.3) is 0 Å². The van der Waals surface area contributed by atoms with Gasteiger partial charge in [0.05, 0.1) is 30.5 Å². The molecule has 0 saturated carbocycles.